The summed E-state index contributed by atoms with van der Waals surface area (Å²) in [6, 6.07) is 0. The summed E-state index contributed by atoms with van der Waals surface area (Å²) in [5.74, 6) is 1.18. The molecule has 0 atom stereocenters. The number of ether oxygens (including phenoxy) is 1. The topological polar surface area (TPSA) is 47.3 Å². The van der Waals surface area contributed by atoms with Crippen LogP contribution in [0.5, 0.6) is 0 Å². The largest absolute Gasteiger partial charge is 0.390 e. The molecule has 0 radical (unpaired) electrons. The third-order valence-corrected chi connectivity index (χ3v) is 4.15. The van der Waals surface area contributed by atoms with E-state index in [2.05, 4.69) is 30.6 Å². The minimum Gasteiger partial charge on any atom is -0.390 e. The SMILES string of the molecule is CC.CC.Cc1c(C(C)C)c(CO)nn1CCC1CCOCC1. The normalized spacial score (nSPS) is 14.8. The predicted molar refractivity (Wildman–Crippen MR) is 97.8 cm³/mol. The van der Waals surface area contributed by atoms with Crippen molar-refractivity contribution in [2.45, 2.75) is 86.8 Å². The molecule has 0 aromatic carbocycles. The molecule has 1 N–H and O–H groups in total. The first kappa shape index (κ1) is 22.1. The van der Waals surface area contributed by atoms with Crippen LogP contribution in [-0.2, 0) is 17.9 Å². The molecule has 0 bridgehead atoms. The summed E-state index contributed by atoms with van der Waals surface area (Å²) in [6.07, 6.45) is 3.50. The van der Waals surface area contributed by atoms with E-state index in [0.29, 0.717) is 5.92 Å². The molecule has 1 fully saturated rings. The summed E-state index contributed by atoms with van der Waals surface area (Å²) in [5.41, 5.74) is 3.28. The van der Waals surface area contributed by atoms with Gasteiger partial charge in [0.25, 0.3) is 0 Å². The third kappa shape index (κ3) is 6.64. The van der Waals surface area contributed by atoms with E-state index in [4.69, 9.17) is 4.74 Å². The molecule has 1 aromatic heterocycles. The summed E-state index contributed by atoms with van der Waals surface area (Å²) >= 11 is 0. The Kier molecular flexibility index (Phi) is 12.1. The van der Waals surface area contributed by atoms with Crippen LogP contribution in [0.3, 0.4) is 0 Å². The van der Waals surface area contributed by atoms with Gasteiger partial charge in [-0.25, -0.2) is 0 Å². The van der Waals surface area contributed by atoms with Crippen LogP contribution in [0.2, 0.25) is 0 Å². The molecule has 1 aliphatic rings. The van der Waals surface area contributed by atoms with Crippen LogP contribution < -0.4 is 0 Å². The van der Waals surface area contributed by atoms with Crippen LogP contribution in [0, 0.1) is 12.8 Å². The first-order chi connectivity index (χ1) is 11.1. The van der Waals surface area contributed by atoms with Crippen LogP contribution in [-0.4, -0.2) is 28.1 Å². The zero-order chi connectivity index (χ0) is 17.8. The number of aryl methyl sites for hydroxylation is 1. The second kappa shape index (κ2) is 12.5. The summed E-state index contributed by atoms with van der Waals surface area (Å²) in [6.45, 7) is 17.2. The molecule has 1 aromatic rings. The van der Waals surface area contributed by atoms with Crippen LogP contribution >= 0.6 is 0 Å². The predicted octanol–water partition coefficient (Wildman–Crippen LogP) is 4.68. The summed E-state index contributed by atoms with van der Waals surface area (Å²) in [7, 11) is 0. The number of aliphatic hydroxyl groups is 1. The van der Waals surface area contributed by atoms with Gasteiger partial charge in [0.2, 0.25) is 0 Å². The molecule has 1 aliphatic heterocycles. The van der Waals surface area contributed by atoms with Gasteiger partial charge in [-0.15, -0.1) is 0 Å². The lowest BCUT2D eigenvalue weighted by Gasteiger charge is -2.22. The third-order valence-electron chi connectivity index (χ3n) is 4.15. The number of aromatic nitrogens is 2. The molecule has 0 amide bonds. The van der Waals surface area contributed by atoms with Crippen molar-refractivity contribution in [1.29, 1.82) is 0 Å². The van der Waals surface area contributed by atoms with Crippen LogP contribution in [0.1, 0.15) is 83.7 Å². The van der Waals surface area contributed by atoms with E-state index >= 15 is 0 Å². The van der Waals surface area contributed by atoms with E-state index in [1.165, 1.54) is 24.1 Å². The summed E-state index contributed by atoms with van der Waals surface area (Å²) in [5, 5.41) is 14.0. The Labute approximate surface area is 143 Å². The summed E-state index contributed by atoms with van der Waals surface area (Å²) < 4.78 is 7.47. The number of aliphatic hydroxyl groups excluding tert-OH is 1. The molecule has 4 nitrogen and oxygen atoms in total. The number of hydrogen-bond acceptors (Lipinski definition) is 3. The number of nitrogens with zero attached hydrogens (tertiary/aromatic N) is 2. The highest BCUT2D eigenvalue weighted by molar-refractivity contribution is 5.28. The van der Waals surface area contributed by atoms with Crippen molar-refractivity contribution >= 4 is 0 Å². The maximum Gasteiger partial charge on any atom is 0.0916 e. The van der Waals surface area contributed by atoms with Crippen molar-refractivity contribution in [3.63, 3.8) is 0 Å². The van der Waals surface area contributed by atoms with Gasteiger partial charge in [0.15, 0.2) is 0 Å². The van der Waals surface area contributed by atoms with Gasteiger partial charge < -0.3 is 9.84 Å². The van der Waals surface area contributed by atoms with E-state index in [0.717, 1.165) is 37.8 Å². The maximum atomic E-state index is 9.43. The highest BCUT2D eigenvalue weighted by Gasteiger charge is 2.18. The van der Waals surface area contributed by atoms with Crippen molar-refractivity contribution in [3.05, 3.63) is 17.0 Å². The van der Waals surface area contributed by atoms with Gasteiger partial charge in [-0.05, 0) is 38.0 Å². The lowest BCUT2D eigenvalue weighted by Crippen LogP contribution is -2.18. The Morgan fingerprint density at radius 2 is 1.74 bits per heavy atom. The highest BCUT2D eigenvalue weighted by atomic mass is 16.5. The van der Waals surface area contributed by atoms with E-state index in [9.17, 15) is 5.11 Å². The molecule has 23 heavy (non-hydrogen) atoms. The number of hydrogen-bond donors (Lipinski definition) is 1. The van der Waals surface area contributed by atoms with E-state index < -0.39 is 0 Å². The van der Waals surface area contributed by atoms with Crippen molar-refractivity contribution in [3.8, 4) is 0 Å². The second-order valence-electron chi connectivity index (χ2n) is 5.83. The first-order valence-electron chi connectivity index (χ1n) is 9.38. The monoisotopic (exact) mass is 326 g/mol. The average Bonchev–Trinajstić information content (AvgIpc) is 2.93. The Balaban J connectivity index is 0.00000112. The van der Waals surface area contributed by atoms with Crippen LogP contribution in [0.4, 0.5) is 0 Å². The molecular formula is C19H38N2O2. The molecule has 2 heterocycles. The molecule has 0 aliphatic carbocycles. The van der Waals surface area contributed by atoms with Crippen molar-refractivity contribution < 1.29 is 9.84 Å². The fourth-order valence-corrected chi connectivity index (χ4v) is 3.05. The van der Waals surface area contributed by atoms with Gasteiger partial charge in [-0.1, -0.05) is 41.5 Å². The maximum absolute atomic E-state index is 9.43. The molecule has 0 unspecified atom stereocenters. The fraction of sp³-hybridized carbons (Fsp3) is 0.842. The van der Waals surface area contributed by atoms with E-state index in [1.807, 2.05) is 27.7 Å². The Morgan fingerprint density at radius 1 is 1.17 bits per heavy atom. The smallest absolute Gasteiger partial charge is 0.0916 e. The first-order valence-corrected chi connectivity index (χ1v) is 9.38. The Morgan fingerprint density at radius 3 is 2.17 bits per heavy atom. The molecular weight excluding hydrogens is 288 g/mol. The van der Waals surface area contributed by atoms with Gasteiger partial charge in [0, 0.05) is 31.0 Å². The van der Waals surface area contributed by atoms with Crippen molar-refractivity contribution in [2.75, 3.05) is 13.2 Å². The minimum absolute atomic E-state index is 0.0403. The minimum atomic E-state index is 0.0403. The van der Waals surface area contributed by atoms with Crippen LogP contribution in [0.15, 0.2) is 0 Å². The molecule has 2 rings (SSSR count). The zero-order valence-electron chi connectivity index (χ0n) is 16.4. The standard InChI is InChI=1S/C15H26N2O2.2C2H6/c1-11(2)15-12(3)17(16-14(15)10-18)7-4-13-5-8-19-9-6-13;2*1-2/h11,13,18H,4-10H2,1-3H3;2*1-2H3. The van der Waals surface area contributed by atoms with Gasteiger partial charge in [-0.2, -0.15) is 5.10 Å². The van der Waals surface area contributed by atoms with E-state index in [-0.39, 0.29) is 6.61 Å². The highest BCUT2D eigenvalue weighted by Crippen LogP contribution is 2.25. The summed E-state index contributed by atoms with van der Waals surface area (Å²) in [4.78, 5) is 0. The number of rotatable bonds is 5. The van der Waals surface area contributed by atoms with E-state index in [1.54, 1.807) is 0 Å². The Hall–Kier alpha value is -0.870. The molecule has 0 saturated carbocycles. The van der Waals surface area contributed by atoms with Gasteiger partial charge in [0.1, 0.15) is 0 Å². The zero-order valence-corrected chi connectivity index (χ0v) is 16.4. The quantitative estimate of drug-likeness (QED) is 0.855. The molecule has 0 spiro atoms. The van der Waals surface area contributed by atoms with Crippen molar-refractivity contribution in [1.82, 2.24) is 9.78 Å². The van der Waals surface area contributed by atoms with Crippen LogP contribution in [0.25, 0.3) is 0 Å². The van der Waals surface area contributed by atoms with Crippen molar-refractivity contribution in [2.24, 2.45) is 5.92 Å². The Bertz CT molecular complexity index is 408. The second-order valence-corrected chi connectivity index (χ2v) is 5.83. The van der Waals surface area contributed by atoms with Gasteiger partial charge in [0.05, 0.1) is 12.3 Å². The average molecular weight is 327 g/mol. The molecule has 4 heteroatoms. The lowest BCUT2D eigenvalue weighted by molar-refractivity contribution is 0.0622. The molecule has 136 valence electrons. The fourth-order valence-electron chi connectivity index (χ4n) is 3.05. The van der Waals surface area contributed by atoms with Gasteiger partial charge in [-0.3, -0.25) is 4.68 Å². The molecule has 1 saturated heterocycles. The van der Waals surface area contributed by atoms with Gasteiger partial charge >= 0.3 is 0 Å². The lowest BCUT2D eigenvalue weighted by atomic mass is 9.96.